The Hall–Kier alpha value is -1.88. The molecule has 1 saturated heterocycles. The van der Waals surface area contributed by atoms with Crippen LogP contribution in [0.2, 0.25) is 0 Å². The average molecular weight is 319 g/mol. The largest absolute Gasteiger partial charge is 0.481 e. The Kier molecular flexibility index (Phi) is 7.07. The summed E-state index contributed by atoms with van der Waals surface area (Å²) in [5.41, 5.74) is 1.09. The second kappa shape index (κ2) is 9.30. The van der Waals surface area contributed by atoms with Gasteiger partial charge in [0, 0.05) is 19.0 Å². The van der Waals surface area contributed by atoms with Crippen molar-refractivity contribution in [1.29, 1.82) is 0 Å². The Morgan fingerprint density at radius 3 is 2.70 bits per heavy atom. The molecule has 0 saturated carbocycles. The molecule has 0 aliphatic carbocycles. The lowest BCUT2D eigenvalue weighted by molar-refractivity contribution is -0.140. The topological polar surface area (TPSA) is 66.8 Å². The summed E-state index contributed by atoms with van der Waals surface area (Å²) < 4.78 is 5.57. The number of aliphatic carboxylic acids is 1. The van der Waals surface area contributed by atoms with Gasteiger partial charge in [-0.25, -0.2) is 0 Å². The van der Waals surface area contributed by atoms with E-state index in [1.165, 1.54) is 0 Å². The highest BCUT2D eigenvalue weighted by Crippen LogP contribution is 2.21. The molecular formula is C18H25NO4. The summed E-state index contributed by atoms with van der Waals surface area (Å²) in [6.45, 7) is 1.65. The summed E-state index contributed by atoms with van der Waals surface area (Å²) >= 11 is 0. The number of ether oxygens (including phenoxy) is 1. The number of hydrogen-bond donors (Lipinski definition) is 1. The van der Waals surface area contributed by atoms with Crippen LogP contribution in [0, 0.1) is 0 Å². The van der Waals surface area contributed by atoms with E-state index >= 15 is 0 Å². The molecule has 1 amide bonds. The molecule has 1 unspecified atom stereocenters. The summed E-state index contributed by atoms with van der Waals surface area (Å²) in [6.07, 6.45) is 4.00. The zero-order chi connectivity index (χ0) is 16.5. The number of likely N-dealkylation sites (tertiary alicyclic amines) is 1. The van der Waals surface area contributed by atoms with E-state index in [1.807, 2.05) is 35.2 Å². The van der Waals surface area contributed by atoms with E-state index in [2.05, 4.69) is 0 Å². The molecule has 0 aromatic heterocycles. The number of nitrogens with zero attached hydrogens (tertiary/aromatic N) is 1. The van der Waals surface area contributed by atoms with Gasteiger partial charge in [-0.3, -0.25) is 9.59 Å². The van der Waals surface area contributed by atoms with Gasteiger partial charge in [-0.2, -0.15) is 0 Å². The van der Waals surface area contributed by atoms with Crippen molar-refractivity contribution in [2.45, 2.75) is 51.2 Å². The fourth-order valence-electron chi connectivity index (χ4n) is 2.99. The maximum Gasteiger partial charge on any atom is 0.303 e. The van der Waals surface area contributed by atoms with Crippen LogP contribution in [-0.4, -0.2) is 41.1 Å². The standard InChI is InChI=1S/C18H25NO4/c20-17(11-13-23-14-15-6-2-1-3-7-15)19-12-5-4-8-16(19)9-10-18(21)22/h1-3,6-7,16H,4-5,8-14H2,(H,21,22). The molecule has 1 fully saturated rings. The SMILES string of the molecule is O=C(O)CCC1CCCCN1C(=O)CCOCc1ccccc1. The Labute approximate surface area is 137 Å². The zero-order valence-corrected chi connectivity index (χ0v) is 13.4. The Morgan fingerprint density at radius 1 is 1.17 bits per heavy atom. The van der Waals surface area contributed by atoms with Gasteiger partial charge in [0.2, 0.25) is 5.91 Å². The molecule has 0 bridgehead atoms. The molecule has 5 heteroatoms. The third-order valence-corrected chi connectivity index (χ3v) is 4.21. The maximum atomic E-state index is 12.4. The number of hydrogen-bond acceptors (Lipinski definition) is 3. The maximum absolute atomic E-state index is 12.4. The number of piperidine rings is 1. The van der Waals surface area contributed by atoms with Gasteiger partial charge in [-0.15, -0.1) is 0 Å². The predicted molar refractivity (Wildman–Crippen MR) is 86.9 cm³/mol. The van der Waals surface area contributed by atoms with Gasteiger partial charge < -0.3 is 14.7 Å². The van der Waals surface area contributed by atoms with E-state index in [0.29, 0.717) is 26.1 Å². The summed E-state index contributed by atoms with van der Waals surface area (Å²) in [5.74, 6) is -0.720. The zero-order valence-electron chi connectivity index (χ0n) is 13.4. The fraction of sp³-hybridized carbons (Fsp3) is 0.556. The lowest BCUT2D eigenvalue weighted by Crippen LogP contribution is -2.44. The fourth-order valence-corrected chi connectivity index (χ4v) is 2.99. The van der Waals surface area contributed by atoms with Crippen LogP contribution in [0.3, 0.4) is 0 Å². The molecule has 2 rings (SSSR count). The molecule has 1 aromatic rings. The Balaban J connectivity index is 1.73. The van der Waals surface area contributed by atoms with Gasteiger partial charge in [0.05, 0.1) is 19.6 Å². The quantitative estimate of drug-likeness (QED) is 0.748. The number of carbonyl (C=O) groups is 2. The third-order valence-electron chi connectivity index (χ3n) is 4.21. The summed E-state index contributed by atoms with van der Waals surface area (Å²) in [5, 5.41) is 8.83. The summed E-state index contributed by atoms with van der Waals surface area (Å²) in [6, 6.07) is 9.94. The first-order valence-electron chi connectivity index (χ1n) is 8.30. The van der Waals surface area contributed by atoms with Crippen LogP contribution in [0.5, 0.6) is 0 Å². The van der Waals surface area contributed by atoms with Crippen molar-refractivity contribution in [3.63, 3.8) is 0 Å². The summed E-state index contributed by atoms with van der Waals surface area (Å²) in [4.78, 5) is 25.0. The lowest BCUT2D eigenvalue weighted by Gasteiger charge is -2.35. The highest BCUT2D eigenvalue weighted by molar-refractivity contribution is 5.76. The van der Waals surface area contributed by atoms with Crippen molar-refractivity contribution in [3.8, 4) is 0 Å². The third kappa shape index (κ3) is 6.02. The van der Waals surface area contributed by atoms with E-state index in [9.17, 15) is 9.59 Å². The number of rotatable bonds is 8. The van der Waals surface area contributed by atoms with Crippen LogP contribution in [-0.2, 0) is 20.9 Å². The van der Waals surface area contributed by atoms with E-state index in [-0.39, 0.29) is 18.4 Å². The van der Waals surface area contributed by atoms with Gasteiger partial charge in [0.15, 0.2) is 0 Å². The van der Waals surface area contributed by atoms with Crippen LogP contribution in [0.15, 0.2) is 30.3 Å². The molecule has 0 spiro atoms. The molecule has 1 aliphatic heterocycles. The smallest absolute Gasteiger partial charge is 0.303 e. The number of benzene rings is 1. The Bertz CT molecular complexity index is 503. The van der Waals surface area contributed by atoms with Gasteiger partial charge in [0.1, 0.15) is 0 Å². The molecule has 126 valence electrons. The van der Waals surface area contributed by atoms with Gasteiger partial charge in [0.25, 0.3) is 0 Å². The summed E-state index contributed by atoms with van der Waals surface area (Å²) in [7, 11) is 0. The van der Waals surface area contributed by atoms with Crippen LogP contribution in [0.4, 0.5) is 0 Å². The number of carbonyl (C=O) groups excluding carboxylic acids is 1. The van der Waals surface area contributed by atoms with E-state index in [4.69, 9.17) is 9.84 Å². The highest BCUT2D eigenvalue weighted by atomic mass is 16.5. The molecule has 5 nitrogen and oxygen atoms in total. The van der Waals surface area contributed by atoms with Crippen LogP contribution >= 0.6 is 0 Å². The molecule has 23 heavy (non-hydrogen) atoms. The molecule has 1 aliphatic rings. The first kappa shape index (κ1) is 17.5. The highest BCUT2D eigenvalue weighted by Gasteiger charge is 2.26. The van der Waals surface area contributed by atoms with Crippen molar-refractivity contribution >= 4 is 11.9 Å². The van der Waals surface area contributed by atoms with Crippen molar-refractivity contribution < 1.29 is 19.4 Å². The predicted octanol–water partition coefficient (Wildman–Crippen LogP) is 2.84. The van der Waals surface area contributed by atoms with Gasteiger partial charge in [-0.05, 0) is 31.2 Å². The minimum atomic E-state index is -0.797. The first-order chi connectivity index (χ1) is 11.2. The molecule has 1 N–H and O–H groups in total. The van der Waals surface area contributed by atoms with Crippen LogP contribution in [0.1, 0.15) is 44.1 Å². The van der Waals surface area contributed by atoms with Gasteiger partial charge in [-0.1, -0.05) is 30.3 Å². The van der Waals surface area contributed by atoms with Crippen LogP contribution < -0.4 is 0 Å². The monoisotopic (exact) mass is 319 g/mol. The normalized spacial score (nSPS) is 17.9. The number of carboxylic acids is 1. The Morgan fingerprint density at radius 2 is 1.96 bits per heavy atom. The van der Waals surface area contributed by atoms with Crippen molar-refractivity contribution in [3.05, 3.63) is 35.9 Å². The molecule has 1 atom stereocenters. The van der Waals surface area contributed by atoms with Crippen molar-refractivity contribution in [1.82, 2.24) is 4.90 Å². The first-order valence-corrected chi connectivity index (χ1v) is 8.30. The second-order valence-electron chi connectivity index (χ2n) is 5.96. The van der Waals surface area contributed by atoms with E-state index in [1.54, 1.807) is 0 Å². The second-order valence-corrected chi connectivity index (χ2v) is 5.96. The van der Waals surface area contributed by atoms with E-state index in [0.717, 1.165) is 31.4 Å². The minimum absolute atomic E-state index is 0.0708. The molecular weight excluding hydrogens is 294 g/mol. The minimum Gasteiger partial charge on any atom is -0.481 e. The van der Waals surface area contributed by atoms with E-state index < -0.39 is 5.97 Å². The molecule has 1 heterocycles. The van der Waals surface area contributed by atoms with Crippen LogP contribution in [0.25, 0.3) is 0 Å². The molecule has 0 radical (unpaired) electrons. The van der Waals surface area contributed by atoms with Crippen molar-refractivity contribution in [2.75, 3.05) is 13.2 Å². The molecule has 1 aromatic carbocycles. The van der Waals surface area contributed by atoms with Crippen molar-refractivity contribution in [2.24, 2.45) is 0 Å². The average Bonchev–Trinajstić information content (AvgIpc) is 2.58. The van der Waals surface area contributed by atoms with Gasteiger partial charge >= 0.3 is 5.97 Å². The number of carboxylic acid groups (broad SMARTS) is 1. The number of amides is 1. The lowest BCUT2D eigenvalue weighted by atomic mass is 9.97.